The van der Waals surface area contributed by atoms with E-state index in [-0.39, 0.29) is 23.5 Å². The third-order valence-corrected chi connectivity index (χ3v) is 4.62. The molecule has 1 aromatic carbocycles. The van der Waals surface area contributed by atoms with Crippen LogP contribution in [0.4, 0.5) is 0 Å². The molecule has 0 atom stereocenters. The van der Waals surface area contributed by atoms with Crippen molar-refractivity contribution < 1.29 is 17.9 Å². The topological polar surface area (TPSA) is 98.5 Å². The highest BCUT2D eigenvalue weighted by Gasteiger charge is 2.20. The van der Waals surface area contributed by atoms with Crippen LogP contribution < -0.4 is 10.5 Å². The van der Waals surface area contributed by atoms with Crippen LogP contribution in [-0.4, -0.2) is 27.5 Å². The summed E-state index contributed by atoms with van der Waals surface area (Å²) < 4.78 is 28.2. The van der Waals surface area contributed by atoms with Gasteiger partial charge in [-0.3, -0.25) is 4.79 Å². The van der Waals surface area contributed by atoms with Gasteiger partial charge < -0.3 is 10.1 Å². The maximum Gasteiger partial charge on any atom is 0.251 e. The smallest absolute Gasteiger partial charge is 0.251 e. The summed E-state index contributed by atoms with van der Waals surface area (Å²) in [4.78, 5) is 12.1. The summed E-state index contributed by atoms with van der Waals surface area (Å²) in [7, 11) is -2.43. The lowest BCUT2D eigenvalue weighted by Crippen LogP contribution is -2.32. The second-order valence-corrected chi connectivity index (χ2v) is 6.79. The van der Waals surface area contributed by atoms with Crippen LogP contribution in [0, 0.1) is 0 Å². The summed E-state index contributed by atoms with van der Waals surface area (Å²) >= 11 is 0. The van der Waals surface area contributed by atoms with Crippen molar-refractivity contribution >= 4 is 15.9 Å². The molecule has 0 aromatic heterocycles. The number of rotatable bonds is 5. The minimum atomic E-state index is -3.90. The van der Waals surface area contributed by atoms with Crippen molar-refractivity contribution in [1.82, 2.24) is 5.32 Å². The Balaban J connectivity index is 2.26. The molecule has 0 radical (unpaired) electrons. The molecular formula is C14H20N2O4S. The number of primary sulfonamides is 1. The summed E-state index contributed by atoms with van der Waals surface area (Å²) in [6.07, 6.45) is 4.16. The molecule has 0 saturated heterocycles. The Morgan fingerprint density at radius 3 is 2.62 bits per heavy atom. The number of nitrogens with one attached hydrogen (secondary N) is 1. The van der Waals surface area contributed by atoms with E-state index in [9.17, 15) is 13.2 Å². The standard InChI is InChI=1S/C14H20N2O4S/c1-20-9-11-7-6-10(8-13(11)21(15,18)19)14(17)16-12-4-2-3-5-12/h6-8,12H,2-5,9H2,1H3,(H,16,17)(H2,15,18,19). The lowest BCUT2D eigenvalue weighted by Gasteiger charge is -2.13. The molecule has 0 bridgehead atoms. The maximum absolute atomic E-state index is 12.2. The summed E-state index contributed by atoms with van der Waals surface area (Å²) in [5.41, 5.74) is 0.739. The van der Waals surface area contributed by atoms with Crippen molar-refractivity contribution in [3.8, 4) is 0 Å². The lowest BCUT2D eigenvalue weighted by molar-refractivity contribution is 0.0937. The van der Waals surface area contributed by atoms with Gasteiger partial charge in [0.05, 0.1) is 11.5 Å². The predicted molar refractivity (Wildman–Crippen MR) is 78.3 cm³/mol. The van der Waals surface area contributed by atoms with E-state index < -0.39 is 10.0 Å². The molecule has 1 aliphatic carbocycles. The molecule has 0 heterocycles. The largest absolute Gasteiger partial charge is 0.380 e. The molecule has 1 amide bonds. The van der Waals surface area contributed by atoms with Crippen molar-refractivity contribution in [2.45, 2.75) is 43.2 Å². The van der Waals surface area contributed by atoms with Crippen molar-refractivity contribution in [3.05, 3.63) is 29.3 Å². The molecule has 0 aliphatic heterocycles. The molecular weight excluding hydrogens is 292 g/mol. The molecule has 0 spiro atoms. The number of hydrogen-bond donors (Lipinski definition) is 2. The molecule has 3 N–H and O–H groups in total. The number of sulfonamides is 1. The lowest BCUT2D eigenvalue weighted by atomic mass is 10.1. The quantitative estimate of drug-likeness (QED) is 0.852. The Bertz CT molecular complexity index is 622. The van der Waals surface area contributed by atoms with Gasteiger partial charge in [-0.2, -0.15) is 0 Å². The van der Waals surface area contributed by atoms with Gasteiger partial charge in [0, 0.05) is 18.7 Å². The molecule has 0 unspecified atom stereocenters. The molecule has 7 heteroatoms. The maximum atomic E-state index is 12.2. The van der Waals surface area contributed by atoms with Gasteiger partial charge in [0.1, 0.15) is 0 Å². The van der Waals surface area contributed by atoms with Gasteiger partial charge in [-0.05, 0) is 30.5 Å². The second-order valence-electron chi connectivity index (χ2n) is 5.26. The van der Waals surface area contributed by atoms with Crippen LogP contribution in [0.3, 0.4) is 0 Å². The van der Waals surface area contributed by atoms with Crippen LogP contribution in [-0.2, 0) is 21.4 Å². The summed E-state index contributed by atoms with van der Waals surface area (Å²) in [6, 6.07) is 4.64. The van der Waals surface area contributed by atoms with Crippen molar-refractivity contribution in [2.24, 2.45) is 5.14 Å². The van der Waals surface area contributed by atoms with E-state index in [0.717, 1.165) is 25.7 Å². The first-order valence-corrected chi connectivity index (χ1v) is 8.42. The highest BCUT2D eigenvalue weighted by atomic mass is 32.2. The van der Waals surface area contributed by atoms with Crippen LogP contribution in [0.15, 0.2) is 23.1 Å². The minimum absolute atomic E-state index is 0.0663. The zero-order valence-electron chi connectivity index (χ0n) is 12.0. The molecule has 6 nitrogen and oxygen atoms in total. The first-order valence-electron chi connectivity index (χ1n) is 6.87. The van der Waals surface area contributed by atoms with Gasteiger partial charge in [0.15, 0.2) is 0 Å². The number of amides is 1. The van der Waals surface area contributed by atoms with E-state index in [0.29, 0.717) is 11.1 Å². The van der Waals surface area contributed by atoms with E-state index in [1.54, 1.807) is 12.1 Å². The molecule has 1 saturated carbocycles. The van der Waals surface area contributed by atoms with Gasteiger partial charge in [0.2, 0.25) is 10.0 Å². The van der Waals surface area contributed by atoms with Crippen LogP contribution >= 0.6 is 0 Å². The second kappa shape index (κ2) is 6.55. The fourth-order valence-electron chi connectivity index (χ4n) is 2.57. The first-order chi connectivity index (χ1) is 9.91. The summed E-state index contributed by atoms with van der Waals surface area (Å²) in [5.74, 6) is -0.268. The average molecular weight is 312 g/mol. The fraction of sp³-hybridized carbons (Fsp3) is 0.500. The number of hydrogen-bond acceptors (Lipinski definition) is 4. The molecule has 116 valence electrons. The van der Waals surface area contributed by atoms with E-state index >= 15 is 0 Å². The number of carbonyl (C=O) groups excluding carboxylic acids is 1. The SMILES string of the molecule is COCc1ccc(C(=O)NC2CCCC2)cc1S(N)(=O)=O. The third kappa shape index (κ3) is 4.03. The Hall–Kier alpha value is -1.44. The Labute approximate surface area is 124 Å². The third-order valence-electron chi connectivity index (χ3n) is 3.63. The van der Waals surface area contributed by atoms with E-state index in [2.05, 4.69) is 5.32 Å². The zero-order valence-corrected chi connectivity index (χ0v) is 12.8. The van der Waals surface area contributed by atoms with Crippen LogP contribution in [0.5, 0.6) is 0 Å². The van der Waals surface area contributed by atoms with Crippen molar-refractivity contribution in [1.29, 1.82) is 0 Å². The fourth-order valence-corrected chi connectivity index (χ4v) is 3.36. The van der Waals surface area contributed by atoms with E-state index in [4.69, 9.17) is 9.88 Å². The number of ether oxygens (including phenoxy) is 1. The summed E-state index contributed by atoms with van der Waals surface area (Å²) in [6.45, 7) is 0.121. The van der Waals surface area contributed by atoms with Gasteiger partial charge in [-0.25, -0.2) is 13.6 Å². The number of carbonyl (C=O) groups is 1. The predicted octanol–water partition coefficient (Wildman–Crippen LogP) is 1.15. The van der Waals surface area contributed by atoms with Crippen molar-refractivity contribution in [2.75, 3.05) is 7.11 Å². The monoisotopic (exact) mass is 312 g/mol. The summed E-state index contributed by atoms with van der Waals surface area (Å²) in [5, 5.41) is 8.12. The first kappa shape index (κ1) is 15.9. The van der Waals surface area contributed by atoms with Gasteiger partial charge >= 0.3 is 0 Å². The highest BCUT2D eigenvalue weighted by molar-refractivity contribution is 7.89. The number of benzene rings is 1. The van der Waals surface area contributed by atoms with Gasteiger partial charge in [-0.1, -0.05) is 18.9 Å². The Kier molecular flexibility index (Phi) is 4.97. The van der Waals surface area contributed by atoms with E-state index in [1.165, 1.54) is 13.2 Å². The minimum Gasteiger partial charge on any atom is -0.380 e. The van der Waals surface area contributed by atoms with Crippen LogP contribution in [0.1, 0.15) is 41.6 Å². The molecule has 1 aromatic rings. The van der Waals surface area contributed by atoms with Gasteiger partial charge in [0.25, 0.3) is 5.91 Å². The number of methoxy groups -OCH3 is 1. The van der Waals surface area contributed by atoms with Gasteiger partial charge in [-0.15, -0.1) is 0 Å². The normalized spacial score (nSPS) is 16.1. The van der Waals surface area contributed by atoms with Crippen molar-refractivity contribution in [3.63, 3.8) is 0 Å². The Morgan fingerprint density at radius 1 is 1.38 bits per heavy atom. The van der Waals surface area contributed by atoms with Crippen LogP contribution in [0.2, 0.25) is 0 Å². The molecule has 1 fully saturated rings. The number of nitrogens with two attached hydrogens (primary N) is 1. The van der Waals surface area contributed by atoms with Crippen LogP contribution in [0.25, 0.3) is 0 Å². The molecule has 1 aliphatic rings. The zero-order chi connectivity index (χ0) is 15.5. The average Bonchev–Trinajstić information content (AvgIpc) is 2.91. The molecule has 21 heavy (non-hydrogen) atoms. The highest BCUT2D eigenvalue weighted by Crippen LogP contribution is 2.20. The molecule has 2 rings (SSSR count). The Morgan fingerprint density at radius 2 is 2.05 bits per heavy atom. The van der Waals surface area contributed by atoms with E-state index in [1.807, 2.05) is 0 Å².